The standard InChI is InChI=1S/2C15H11N3.2C12H8N2S.CH4O.2ClHO4.2ClH.2Ru/c2*1-3-10-16-12(6-1)14-8-5-9-15(18-14)13-7-2-4-11-17-13;2*1-2-7-11-9(5-1)14-12(15-11)10-6-3-4-8-13-10;1-2;2*2-1(3,4)5;;;;/h2*1-11H;2*1-8H;2H,1H3;2*(H,2,3,4,5);2*1H;;/q;;;;;;;;;2*+2/p-4. The molecule has 0 amide bonds. The third-order valence-corrected chi connectivity index (χ3v) is 11.7. The number of nitrogens with zero attached hydrogens (tertiary/aromatic N) is 10. The molecule has 422 valence electrons. The molecule has 12 rings (SSSR count). The zero-order valence-electron chi connectivity index (χ0n) is 42.2. The maximum absolute atomic E-state index is 8.49. The van der Waals surface area contributed by atoms with Gasteiger partial charge in [-0.1, -0.05) is 72.8 Å². The smallest absolute Gasteiger partial charge is 1.00 e. The number of fused-ring (bicyclic) bond motifs is 2. The van der Waals surface area contributed by atoms with Gasteiger partial charge in [-0.15, -0.1) is 43.2 Å². The summed E-state index contributed by atoms with van der Waals surface area (Å²) in [7, 11) is -8.89. The van der Waals surface area contributed by atoms with Crippen LogP contribution in [0.25, 0.3) is 87.4 Å². The molecule has 1 N–H and O–H groups in total. The van der Waals surface area contributed by atoms with Gasteiger partial charge in [-0.3, -0.25) is 29.9 Å². The van der Waals surface area contributed by atoms with Crippen molar-refractivity contribution >= 4 is 43.1 Å². The summed E-state index contributed by atoms with van der Waals surface area (Å²) in [4.78, 5) is 44.0. The number of aromatic nitrogens is 10. The van der Waals surface area contributed by atoms with E-state index in [0.717, 1.165) is 85.1 Å². The van der Waals surface area contributed by atoms with Gasteiger partial charge in [0.2, 0.25) is 0 Å². The van der Waals surface area contributed by atoms with E-state index in [0.29, 0.717) is 0 Å². The van der Waals surface area contributed by atoms with Crippen LogP contribution in [0.3, 0.4) is 0 Å². The summed E-state index contributed by atoms with van der Waals surface area (Å²) < 4.78 is 70.4. The predicted molar refractivity (Wildman–Crippen MR) is 275 cm³/mol. The first-order valence-corrected chi connectivity index (χ1v) is 26.7. The van der Waals surface area contributed by atoms with E-state index < -0.39 is 20.5 Å². The molecular formula is C55H42Cl4N10O9Ru2S2. The molecule has 0 bridgehead atoms. The van der Waals surface area contributed by atoms with Crippen molar-refractivity contribution in [2.75, 3.05) is 7.11 Å². The number of aliphatic hydroxyl groups is 1. The van der Waals surface area contributed by atoms with E-state index in [-0.39, 0.29) is 63.8 Å². The van der Waals surface area contributed by atoms with Crippen LogP contribution in [-0.4, -0.2) is 62.1 Å². The minimum Gasteiger partial charge on any atom is -1.00 e. The fourth-order valence-electron chi connectivity index (χ4n) is 6.44. The predicted octanol–water partition coefficient (Wildman–Crippen LogP) is -2.77. The van der Waals surface area contributed by atoms with Crippen LogP contribution in [0, 0.1) is 20.5 Å². The van der Waals surface area contributed by atoms with Crippen molar-refractivity contribution in [3.63, 3.8) is 0 Å². The van der Waals surface area contributed by atoms with Crippen LogP contribution in [0.4, 0.5) is 0 Å². The number of halogens is 4. The summed E-state index contributed by atoms with van der Waals surface area (Å²) in [6, 6.07) is 63.0. The van der Waals surface area contributed by atoms with Gasteiger partial charge in [0.05, 0.1) is 77.4 Å². The van der Waals surface area contributed by atoms with Crippen LogP contribution in [0.15, 0.2) is 231 Å². The molecule has 27 heteroatoms. The zero-order valence-corrected chi connectivity index (χ0v) is 50.3. The molecule has 19 nitrogen and oxygen atoms in total. The Balaban J connectivity index is 0.000000346. The molecule has 0 unspecified atom stereocenters. The monoisotopic (exact) mass is 1390 g/mol. The third-order valence-electron chi connectivity index (χ3n) is 9.56. The van der Waals surface area contributed by atoms with Crippen LogP contribution in [-0.2, 0) is 39.0 Å². The summed E-state index contributed by atoms with van der Waals surface area (Å²) in [5, 5.41) is 8.97. The van der Waals surface area contributed by atoms with E-state index in [4.69, 9.17) is 42.4 Å². The number of hydrogen-bond donors (Lipinski definition) is 1. The quantitative estimate of drug-likeness (QED) is 0.165. The van der Waals surface area contributed by atoms with Crippen molar-refractivity contribution in [1.29, 1.82) is 0 Å². The fourth-order valence-corrected chi connectivity index (χ4v) is 8.32. The van der Waals surface area contributed by atoms with Crippen molar-refractivity contribution < 1.29 is 127 Å². The summed E-state index contributed by atoms with van der Waals surface area (Å²) in [5.41, 5.74) is 10.9. The molecule has 82 heavy (non-hydrogen) atoms. The molecule has 10 heterocycles. The Morgan fingerprint density at radius 3 is 0.707 bits per heavy atom. The number of aliphatic hydroxyl groups excluding tert-OH is 1. The second-order valence-corrected chi connectivity index (χ2v) is 18.4. The minimum atomic E-state index is -4.94. The molecule has 12 aromatic rings. The molecule has 0 saturated heterocycles. The molecule has 0 aliphatic heterocycles. The largest absolute Gasteiger partial charge is 2.00 e. The van der Waals surface area contributed by atoms with Crippen molar-refractivity contribution in [2.45, 2.75) is 0 Å². The van der Waals surface area contributed by atoms with Gasteiger partial charge in [0.15, 0.2) is 0 Å². The number of thiazole rings is 2. The van der Waals surface area contributed by atoms with E-state index in [1.54, 1.807) is 59.9 Å². The second-order valence-electron chi connectivity index (χ2n) is 14.8. The van der Waals surface area contributed by atoms with E-state index >= 15 is 0 Å². The topological polar surface area (TPSA) is 334 Å². The Kier molecular flexibility index (Phi) is 32.8. The van der Waals surface area contributed by atoms with Gasteiger partial charge < -0.3 is 29.9 Å². The van der Waals surface area contributed by atoms with E-state index in [1.807, 2.05) is 182 Å². The van der Waals surface area contributed by atoms with Crippen LogP contribution in [0.2, 0.25) is 0 Å². The van der Waals surface area contributed by atoms with Crippen LogP contribution in [0.5, 0.6) is 0 Å². The molecule has 2 aromatic carbocycles. The average Bonchev–Trinajstić information content (AvgIpc) is 4.15. The van der Waals surface area contributed by atoms with Crippen molar-refractivity contribution in [3.8, 4) is 67.0 Å². The van der Waals surface area contributed by atoms with Gasteiger partial charge >= 0.3 is 39.0 Å². The molecule has 0 radical (unpaired) electrons. The number of benzene rings is 2. The van der Waals surface area contributed by atoms with Gasteiger partial charge in [0.25, 0.3) is 0 Å². The molecule has 0 atom stereocenters. The first kappa shape index (κ1) is 71.6. The van der Waals surface area contributed by atoms with Crippen LogP contribution in [0.1, 0.15) is 0 Å². The first-order chi connectivity index (χ1) is 37.7. The van der Waals surface area contributed by atoms with Gasteiger partial charge in [-0.05, 0) is 121 Å². The Morgan fingerprint density at radius 1 is 0.280 bits per heavy atom. The number of hydrogen-bond acceptors (Lipinski definition) is 21. The molecule has 0 aliphatic carbocycles. The summed E-state index contributed by atoms with van der Waals surface area (Å²) in [5.74, 6) is 0. The van der Waals surface area contributed by atoms with Crippen LogP contribution >= 0.6 is 22.7 Å². The maximum atomic E-state index is 8.49. The third kappa shape index (κ3) is 25.3. The molecule has 0 saturated carbocycles. The summed E-state index contributed by atoms with van der Waals surface area (Å²) >= 11 is 3.35. The van der Waals surface area contributed by atoms with E-state index in [2.05, 4.69) is 62.0 Å². The van der Waals surface area contributed by atoms with Crippen molar-refractivity contribution in [2.24, 2.45) is 0 Å². The summed E-state index contributed by atoms with van der Waals surface area (Å²) in [6.45, 7) is 0. The minimum absolute atomic E-state index is 0. The molecule has 10 aromatic heterocycles. The average molecular weight is 1400 g/mol. The Bertz CT molecular complexity index is 3210. The van der Waals surface area contributed by atoms with Crippen molar-refractivity contribution in [1.82, 2.24) is 49.8 Å². The number of pyridine rings is 8. The van der Waals surface area contributed by atoms with Gasteiger partial charge in [0, 0.05) is 44.3 Å². The maximum Gasteiger partial charge on any atom is 2.00 e. The molecule has 0 fully saturated rings. The Morgan fingerprint density at radius 2 is 0.488 bits per heavy atom. The van der Waals surface area contributed by atoms with Gasteiger partial charge in [-0.25, -0.2) is 57.2 Å². The second kappa shape index (κ2) is 37.5. The first-order valence-electron chi connectivity index (χ1n) is 22.6. The van der Waals surface area contributed by atoms with Crippen LogP contribution < -0.4 is 62.1 Å². The normalized spacial score (nSPS) is 9.93. The van der Waals surface area contributed by atoms with E-state index in [1.165, 1.54) is 9.40 Å². The molecule has 0 aliphatic rings. The Hall–Kier alpha value is -6.53. The van der Waals surface area contributed by atoms with Gasteiger partial charge in [0.1, 0.15) is 10.0 Å². The van der Waals surface area contributed by atoms with Crippen molar-refractivity contribution in [3.05, 3.63) is 231 Å². The van der Waals surface area contributed by atoms with E-state index in [9.17, 15) is 0 Å². The SMILES string of the molecule is CO.[Cl-].[Cl-].[O-][Cl+3]([O-])([O-])[O-].[O-][Cl+3]([O-])([O-])[O-].[Ru+2].[Ru+2].c1ccc(-c2cccc(-c3ccccn3)n2)nc1.c1ccc(-c2cccc(-c3ccccn3)n2)nc1.c1ccc(-c2nc3ccccc3s2)nc1.c1ccc(-c2nc3ccccc3s2)nc1. The number of rotatable bonds is 6. The number of para-hydroxylation sites is 2. The van der Waals surface area contributed by atoms with Gasteiger partial charge in [-0.2, -0.15) is 0 Å². The molecular weight excluding hydrogens is 1350 g/mol. The molecule has 0 spiro atoms. The fraction of sp³-hybridized carbons (Fsp3) is 0.0182. The Labute approximate surface area is 520 Å². The zero-order chi connectivity index (χ0) is 55.6. The summed E-state index contributed by atoms with van der Waals surface area (Å²) in [6.07, 6.45) is 10.7.